The van der Waals surface area contributed by atoms with Crippen LogP contribution in [0, 0.1) is 0 Å². The van der Waals surface area contributed by atoms with Crippen molar-refractivity contribution >= 4 is 20.0 Å². The molecule has 1 N–H and O–H groups in total. The number of rotatable bonds is 6. The van der Waals surface area contributed by atoms with Crippen molar-refractivity contribution in [3.05, 3.63) is 78.6 Å². The predicted octanol–water partition coefficient (Wildman–Crippen LogP) is 6.05. The van der Waals surface area contributed by atoms with Crippen LogP contribution in [0.15, 0.2) is 82.6 Å². The molecule has 0 radical (unpaired) electrons. The number of sulfone groups is 1. The Morgan fingerprint density at radius 1 is 0.756 bits per heavy atom. The zero-order chi connectivity index (χ0) is 30.4. The fraction of sp³-hybridized carbons (Fsp3) is 0.120. The van der Waals surface area contributed by atoms with Crippen LogP contribution in [0.4, 0.5) is 26.3 Å². The summed E-state index contributed by atoms with van der Waals surface area (Å²) in [6.07, 6.45) is -9.58. The zero-order valence-corrected chi connectivity index (χ0v) is 22.0. The number of ether oxygens (including phenoxy) is 1. The number of halogens is 6. The second-order valence-electron chi connectivity index (χ2n) is 8.46. The van der Waals surface area contributed by atoms with Gasteiger partial charge in [-0.25, -0.2) is 18.4 Å². The highest BCUT2D eigenvalue weighted by atomic mass is 32.2. The lowest BCUT2D eigenvalue weighted by molar-refractivity contribution is -0.274. The van der Waals surface area contributed by atoms with Gasteiger partial charge in [0.25, 0.3) is 10.1 Å². The van der Waals surface area contributed by atoms with Crippen molar-refractivity contribution < 1.29 is 52.5 Å². The number of alkyl halides is 6. The minimum atomic E-state index is -5.26. The minimum Gasteiger partial charge on any atom is -0.406 e. The number of benzene rings is 3. The maximum absolute atomic E-state index is 14.0. The zero-order valence-electron chi connectivity index (χ0n) is 20.4. The molecule has 0 aliphatic rings. The van der Waals surface area contributed by atoms with Gasteiger partial charge in [-0.05, 0) is 35.9 Å². The van der Waals surface area contributed by atoms with Crippen molar-refractivity contribution in [2.45, 2.75) is 22.3 Å². The summed E-state index contributed by atoms with van der Waals surface area (Å²) < 4.78 is 143. The van der Waals surface area contributed by atoms with E-state index >= 15 is 0 Å². The third kappa shape index (κ3) is 6.83. The first-order valence-corrected chi connectivity index (χ1v) is 14.4. The molecule has 0 saturated heterocycles. The van der Waals surface area contributed by atoms with Gasteiger partial charge in [-0.2, -0.15) is 21.6 Å². The van der Waals surface area contributed by atoms with Gasteiger partial charge < -0.3 is 4.74 Å². The Balaban J connectivity index is 2.18. The van der Waals surface area contributed by atoms with Crippen LogP contribution in [0.5, 0.6) is 5.75 Å². The van der Waals surface area contributed by atoms with Crippen LogP contribution in [0.25, 0.3) is 33.6 Å². The largest absolute Gasteiger partial charge is 0.573 e. The Bertz CT molecular complexity index is 1830. The van der Waals surface area contributed by atoms with Crippen LogP contribution < -0.4 is 4.74 Å². The van der Waals surface area contributed by atoms with Crippen molar-refractivity contribution in [1.29, 1.82) is 0 Å². The summed E-state index contributed by atoms with van der Waals surface area (Å²) >= 11 is 0. The number of hydrogen-bond donors (Lipinski definition) is 1. The molecule has 4 aromatic rings. The van der Waals surface area contributed by atoms with Gasteiger partial charge in [0.2, 0.25) is 5.82 Å². The molecule has 0 spiro atoms. The van der Waals surface area contributed by atoms with Gasteiger partial charge in [0.15, 0.2) is 9.84 Å². The molecule has 0 saturated carbocycles. The Kier molecular flexibility index (Phi) is 7.62. The van der Waals surface area contributed by atoms with Gasteiger partial charge >= 0.3 is 12.5 Å². The summed E-state index contributed by atoms with van der Waals surface area (Å²) in [5.41, 5.74) is -2.34. The first-order chi connectivity index (χ1) is 18.8. The van der Waals surface area contributed by atoms with E-state index in [4.69, 9.17) is 0 Å². The molecule has 8 nitrogen and oxygen atoms in total. The third-order valence-electron chi connectivity index (χ3n) is 5.50. The van der Waals surface area contributed by atoms with Gasteiger partial charge in [0, 0.05) is 22.9 Å². The highest BCUT2D eigenvalue weighted by Gasteiger charge is 2.38. The van der Waals surface area contributed by atoms with E-state index in [1.165, 1.54) is 24.3 Å². The summed E-state index contributed by atoms with van der Waals surface area (Å²) in [7, 11) is -8.94. The van der Waals surface area contributed by atoms with E-state index in [9.17, 15) is 47.7 Å². The van der Waals surface area contributed by atoms with E-state index in [0.717, 1.165) is 30.5 Å². The average Bonchev–Trinajstić information content (AvgIpc) is 2.86. The Morgan fingerprint density at radius 2 is 1.34 bits per heavy atom. The summed E-state index contributed by atoms with van der Waals surface area (Å²) in [5.74, 6) is -2.80. The van der Waals surface area contributed by atoms with Crippen LogP contribution in [0.1, 0.15) is 5.82 Å². The van der Waals surface area contributed by atoms with Crippen LogP contribution in [-0.2, 0) is 26.1 Å². The Labute approximate surface area is 228 Å². The predicted molar refractivity (Wildman–Crippen MR) is 133 cm³/mol. The van der Waals surface area contributed by atoms with Gasteiger partial charge in [0.05, 0.1) is 16.3 Å². The lowest BCUT2D eigenvalue weighted by Crippen LogP contribution is -2.17. The van der Waals surface area contributed by atoms with Crippen molar-refractivity contribution in [3.8, 4) is 39.4 Å². The first kappa shape index (κ1) is 30.0. The summed E-state index contributed by atoms with van der Waals surface area (Å²) in [6.45, 7) is 0. The lowest BCUT2D eigenvalue weighted by Gasteiger charge is -2.19. The molecule has 0 amide bonds. The summed E-state index contributed by atoms with van der Waals surface area (Å²) in [5, 5.41) is 0. The standard InChI is InChI=1S/C25H16F6N2O6S2/c1-40(34,35)17-10-7-15(8-11-17)21-20(14-5-3-2-4-6-14)22(33-23(32-21)24(26,27)28)18-13-16(39-25(29,30)31)9-12-19(18)41(36,37)38/h2-13H,1H3,(H,36,37,38). The highest BCUT2D eigenvalue weighted by Crippen LogP contribution is 2.43. The van der Waals surface area contributed by atoms with E-state index in [1.807, 2.05) is 0 Å². The van der Waals surface area contributed by atoms with E-state index in [0.29, 0.717) is 18.2 Å². The minimum absolute atomic E-state index is 0.0681. The number of aromatic nitrogens is 2. The molecule has 216 valence electrons. The Hall–Kier alpha value is -4.02. The van der Waals surface area contributed by atoms with Crippen molar-refractivity contribution in [2.75, 3.05) is 6.26 Å². The SMILES string of the molecule is CS(=O)(=O)c1ccc(-c2nc(C(F)(F)F)nc(-c3cc(OC(F)(F)F)ccc3S(=O)(=O)O)c2-c2ccccc2)cc1. The van der Waals surface area contributed by atoms with Crippen LogP contribution >= 0.6 is 0 Å². The summed E-state index contributed by atoms with van der Waals surface area (Å²) in [6, 6.07) is 13.4. The fourth-order valence-electron chi connectivity index (χ4n) is 3.85. The van der Waals surface area contributed by atoms with Crippen LogP contribution in [0.3, 0.4) is 0 Å². The molecule has 0 fully saturated rings. The molecule has 0 bridgehead atoms. The van der Waals surface area contributed by atoms with E-state index in [-0.39, 0.29) is 21.6 Å². The molecular formula is C25H16F6N2O6S2. The van der Waals surface area contributed by atoms with Gasteiger partial charge in [-0.3, -0.25) is 4.55 Å². The van der Waals surface area contributed by atoms with E-state index in [2.05, 4.69) is 14.7 Å². The van der Waals surface area contributed by atoms with Gasteiger partial charge in [-0.15, -0.1) is 13.2 Å². The monoisotopic (exact) mass is 618 g/mol. The maximum Gasteiger partial charge on any atom is 0.573 e. The first-order valence-electron chi connectivity index (χ1n) is 11.1. The van der Waals surface area contributed by atoms with Crippen LogP contribution in [0.2, 0.25) is 0 Å². The molecule has 0 aliphatic heterocycles. The van der Waals surface area contributed by atoms with Crippen molar-refractivity contribution in [3.63, 3.8) is 0 Å². The van der Waals surface area contributed by atoms with E-state index < -0.39 is 65.9 Å². The third-order valence-corrected chi connectivity index (χ3v) is 7.54. The maximum atomic E-state index is 14.0. The quantitative estimate of drug-likeness (QED) is 0.205. The second kappa shape index (κ2) is 10.4. The molecule has 3 aromatic carbocycles. The van der Waals surface area contributed by atoms with E-state index in [1.54, 1.807) is 6.07 Å². The molecule has 4 rings (SSSR count). The molecule has 41 heavy (non-hydrogen) atoms. The second-order valence-corrected chi connectivity index (χ2v) is 11.9. The van der Waals surface area contributed by atoms with Crippen molar-refractivity contribution in [2.24, 2.45) is 0 Å². The fourth-order valence-corrected chi connectivity index (χ4v) is 5.15. The normalized spacial score (nSPS) is 12.8. The van der Waals surface area contributed by atoms with Gasteiger partial charge in [-0.1, -0.05) is 42.5 Å². The molecule has 0 atom stereocenters. The smallest absolute Gasteiger partial charge is 0.406 e. The Morgan fingerprint density at radius 3 is 1.85 bits per heavy atom. The molecule has 1 heterocycles. The molecular weight excluding hydrogens is 602 g/mol. The summed E-state index contributed by atoms with van der Waals surface area (Å²) in [4.78, 5) is 5.91. The molecule has 1 aromatic heterocycles. The van der Waals surface area contributed by atoms with Crippen molar-refractivity contribution in [1.82, 2.24) is 9.97 Å². The van der Waals surface area contributed by atoms with Gasteiger partial charge in [0.1, 0.15) is 10.6 Å². The number of hydrogen-bond acceptors (Lipinski definition) is 7. The topological polar surface area (TPSA) is 124 Å². The molecule has 16 heteroatoms. The average molecular weight is 619 g/mol. The lowest BCUT2D eigenvalue weighted by atomic mass is 9.94. The number of nitrogens with zero attached hydrogens (tertiary/aromatic N) is 2. The highest BCUT2D eigenvalue weighted by molar-refractivity contribution is 7.90. The molecule has 0 unspecified atom stereocenters. The molecule has 0 aliphatic carbocycles. The van der Waals surface area contributed by atoms with Crippen LogP contribution in [-0.4, -0.2) is 44.0 Å².